The first-order valence-electron chi connectivity index (χ1n) is 13.3. The normalized spacial score (nSPS) is 15.8. The second-order valence-corrected chi connectivity index (χ2v) is 9.88. The monoisotopic (exact) mass is 452 g/mol. The summed E-state index contributed by atoms with van der Waals surface area (Å²) in [5, 5.41) is 10.5. The molecule has 0 aliphatic heterocycles. The fourth-order valence-electron chi connectivity index (χ4n) is 3.72. The maximum atomic E-state index is 12.1. The molecule has 4 atom stereocenters. The van der Waals surface area contributed by atoms with Gasteiger partial charge in [-0.15, -0.1) is 0 Å². The van der Waals surface area contributed by atoms with Crippen LogP contribution in [0.1, 0.15) is 125 Å². The molecule has 0 saturated heterocycles. The van der Waals surface area contributed by atoms with Gasteiger partial charge in [-0.25, -0.2) is 0 Å². The minimum Gasteiger partial charge on any atom is -0.465 e. The third-order valence-corrected chi connectivity index (χ3v) is 6.75. The molecule has 0 spiro atoms. The van der Waals surface area contributed by atoms with Gasteiger partial charge in [-0.1, -0.05) is 84.8 Å². The zero-order chi connectivity index (χ0) is 24.4. The van der Waals surface area contributed by atoms with E-state index in [1.165, 1.54) is 31.3 Å². The first kappa shape index (κ1) is 30.8. The van der Waals surface area contributed by atoms with Gasteiger partial charge in [0.2, 0.25) is 0 Å². The second kappa shape index (κ2) is 19.3. The lowest BCUT2D eigenvalue weighted by Gasteiger charge is -2.20. The van der Waals surface area contributed by atoms with Crippen molar-refractivity contribution < 1.29 is 19.4 Å². The maximum absolute atomic E-state index is 12.1. The van der Waals surface area contributed by atoms with Gasteiger partial charge in [-0.05, 0) is 51.4 Å². The molecule has 0 aromatic heterocycles. The molecule has 0 aromatic carbocycles. The molecule has 188 valence electrons. The van der Waals surface area contributed by atoms with Gasteiger partial charge in [0.05, 0.1) is 18.6 Å². The van der Waals surface area contributed by atoms with Gasteiger partial charge in [-0.3, -0.25) is 9.59 Å². The number of aliphatic hydroxyl groups is 1. The van der Waals surface area contributed by atoms with Crippen molar-refractivity contribution in [2.45, 2.75) is 131 Å². The SMILES string of the molecule is CCCCCCCCOC(=O)[C@H](C)CCC[C@H](C)[C@H](O)CC/C(C)=C/CC(=O)[C@H](C)CC. The highest BCUT2D eigenvalue weighted by atomic mass is 16.5. The van der Waals surface area contributed by atoms with Crippen molar-refractivity contribution in [3.05, 3.63) is 11.6 Å². The van der Waals surface area contributed by atoms with Crippen LogP contribution < -0.4 is 0 Å². The molecule has 0 bridgehead atoms. The Morgan fingerprint density at radius 1 is 0.875 bits per heavy atom. The highest BCUT2D eigenvalue weighted by Gasteiger charge is 2.18. The fraction of sp³-hybridized carbons (Fsp3) is 0.857. The Bertz CT molecular complexity index is 526. The molecule has 32 heavy (non-hydrogen) atoms. The summed E-state index contributed by atoms with van der Waals surface area (Å²) in [6, 6.07) is 0. The van der Waals surface area contributed by atoms with Crippen molar-refractivity contribution >= 4 is 11.8 Å². The Kier molecular flexibility index (Phi) is 18.6. The number of rotatable bonds is 20. The van der Waals surface area contributed by atoms with Crippen LogP contribution in [-0.4, -0.2) is 29.6 Å². The van der Waals surface area contributed by atoms with Crippen LogP contribution >= 0.6 is 0 Å². The molecule has 0 amide bonds. The summed E-state index contributed by atoms with van der Waals surface area (Å²) >= 11 is 0. The van der Waals surface area contributed by atoms with Crippen molar-refractivity contribution in [3.63, 3.8) is 0 Å². The van der Waals surface area contributed by atoms with E-state index in [0.717, 1.165) is 51.4 Å². The molecular formula is C28H52O4. The molecule has 0 saturated carbocycles. The van der Waals surface area contributed by atoms with E-state index in [-0.39, 0.29) is 29.8 Å². The predicted molar refractivity (Wildman–Crippen MR) is 135 cm³/mol. The average Bonchev–Trinajstić information content (AvgIpc) is 2.79. The van der Waals surface area contributed by atoms with Crippen LogP contribution in [0.2, 0.25) is 0 Å². The van der Waals surface area contributed by atoms with E-state index in [9.17, 15) is 14.7 Å². The van der Waals surface area contributed by atoms with Crippen molar-refractivity contribution in [3.8, 4) is 0 Å². The Balaban J connectivity index is 3.97. The molecule has 0 unspecified atom stereocenters. The van der Waals surface area contributed by atoms with Gasteiger partial charge in [0, 0.05) is 12.3 Å². The first-order valence-corrected chi connectivity index (χ1v) is 13.3. The summed E-state index contributed by atoms with van der Waals surface area (Å²) in [7, 11) is 0. The van der Waals surface area contributed by atoms with Crippen LogP contribution in [0.5, 0.6) is 0 Å². The molecule has 0 radical (unpaired) electrons. The lowest BCUT2D eigenvalue weighted by atomic mass is 9.91. The number of carbonyl (C=O) groups is 2. The van der Waals surface area contributed by atoms with Gasteiger partial charge in [-0.2, -0.15) is 0 Å². The van der Waals surface area contributed by atoms with Crippen molar-refractivity contribution in [1.29, 1.82) is 0 Å². The predicted octanol–water partition coefficient (Wildman–Crippen LogP) is 7.43. The molecule has 1 N–H and O–H groups in total. The largest absolute Gasteiger partial charge is 0.465 e. The summed E-state index contributed by atoms with van der Waals surface area (Å²) < 4.78 is 5.42. The van der Waals surface area contributed by atoms with Crippen LogP contribution in [-0.2, 0) is 14.3 Å². The third-order valence-electron chi connectivity index (χ3n) is 6.75. The van der Waals surface area contributed by atoms with Crippen molar-refractivity contribution in [1.82, 2.24) is 0 Å². The van der Waals surface area contributed by atoms with Crippen LogP contribution in [0.3, 0.4) is 0 Å². The van der Waals surface area contributed by atoms with Crippen LogP contribution in [0.25, 0.3) is 0 Å². The quantitative estimate of drug-likeness (QED) is 0.118. The standard InChI is InChI=1S/C28H52O4/c1-7-9-10-11-12-13-21-32-28(31)25(6)16-14-15-24(5)27(30)20-18-22(3)17-19-26(29)23(4)8-2/h17,23-25,27,30H,7-16,18-21H2,1-6H3/b22-17+/t23-,24+,25-,27-/m1/s1. The number of Topliss-reactive ketones (excluding diaryl/α,β-unsaturated/α-hetero) is 1. The lowest BCUT2D eigenvalue weighted by Crippen LogP contribution is -2.19. The van der Waals surface area contributed by atoms with E-state index >= 15 is 0 Å². The molecular weight excluding hydrogens is 400 g/mol. The van der Waals surface area contributed by atoms with Crippen LogP contribution in [0, 0.1) is 17.8 Å². The van der Waals surface area contributed by atoms with E-state index in [4.69, 9.17) is 4.74 Å². The fourth-order valence-corrected chi connectivity index (χ4v) is 3.72. The molecule has 4 heteroatoms. The van der Waals surface area contributed by atoms with Gasteiger partial charge < -0.3 is 9.84 Å². The number of esters is 1. The summed E-state index contributed by atoms with van der Waals surface area (Å²) in [6.07, 6.45) is 14.4. The van der Waals surface area contributed by atoms with E-state index in [0.29, 0.717) is 18.8 Å². The third kappa shape index (κ3) is 15.6. The van der Waals surface area contributed by atoms with Gasteiger partial charge in [0.25, 0.3) is 0 Å². The number of allylic oxidation sites excluding steroid dienone is 2. The Hall–Kier alpha value is -1.16. The number of hydrogen-bond acceptors (Lipinski definition) is 4. The molecule has 0 aliphatic rings. The Labute approximate surface area is 198 Å². The van der Waals surface area contributed by atoms with E-state index < -0.39 is 0 Å². The zero-order valence-corrected chi connectivity index (χ0v) is 22.0. The topological polar surface area (TPSA) is 63.6 Å². The van der Waals surface area contributed by atoms with Crippen molar-refractivity contribution in [2.75, 3.05) is 6.61 Å². The van der Waals surface area contributed by atoms with Crippen LogP contribution in [0.4, 0.5) is 0 Å². The molecule has 0 heterocycles. The molecule has 0 fully saturated rings. The number of hydrogen-bond donors (Lipinski definition) is 1. The number of ketones is 1. The van der Waals surface area contributed by atoms with Crippen molar-refractivity contribution in [2.24, 2.45) is 17.8 Å². The van der Waals surface area contributed by atoms with Gasteiger partial charge in [0.1, 0.15) is 5.78 Å². The van der Waals surface area contributed by atoms with E-state index in [1.54, 1.807) is 0 Å². The smallest absolute Gasteiger partial charge is 0.308 e. The molecule has 4 nitrogen and oxygen atoms in total. The van der Waals surface area contributed by atoms with Gasteiger partial charge >= 0.3 is 5.97 Å². The Morgan fingerprint density at radius 3 is 2.19 bits per heavy atom. The van der Waals surface area contributed by atoms with Gasteiger partial charge in [0.15, 0.2) is 0 Å². The minimum atomic E-state index is -0.349. The second-order valence-electron chi connectivity index (χ2n) is 9.88. The summed E-state index contributed by atoms with van der Waals surface area (Å²) in [5.74, 6) is 0.461. The maximum Gasteiger partial charge on any atom is 0.308 e. The number of carbonyl (C=O) groups excluding carboxylic acids is 2. The lowest BCUT2D eigenvalue weighted by molar-refractivity contribution is -0.148. The van der Waals surface area contributed by atoms with E-state index in [2.05, 4.69) is 13.8 Å². The number of unbranched alkanes of at least 4 members (excludes halogenated alkanes) is 5. The Morgan fingerprint density at radius 2 is 1.53 bits per heavy atom. The summed E-state index contributed by atoms with van der Waals surface area (Å²) in [5.41, 5.74) is 1.18. The van der Waals surface area contributed by atoms with Crippen LogP contribution in [0.15, 0.2) is 11.6 Å². The molecule has 0 rings (SSSR count). The zero-order valence-electron chi connectivity index (χ0n) is 22.0. The average molecular weight is 453 g/mol. The summed E-state index contributed by atoms with van der Waals surface area (Å²) in [6.45, 7) is 12.8. The van der Waals surface area contributed by atoms with E-state index in [1.807, 2.05) is 33.8 Å². The number of aliphatic hydroxyl groups excluding tert-OH is 1. The first-order chi connectivity index (χ1) is 15.2. The summed E-state index contributed by atoms with van der Waals surface area (Å²) in [4.78, 5) is 24.1. The minimum absolute atomic E-state index is 0.0762. The molecule has 0 aromatic rings. The highest BCUT2D eigenvalue weighted by Crippen LogP contribution is 2.21. The highest BCUT2D eigenvalue weighted by molar-refractivity contribution is 5.82. The molecule has 0 aliphatic carbocycles. The number of ether oxygens (including phenoxy) is 1.